The Morgan fingerprint density at radius 2 is 2.15 bits per heavy atom. The highest BCUT2D eigenvalue weighted by Gasteiger charge is 2.36. The molecule has 8 heteroatoms. The smallest absolute Gasteiger partial charge is 0.227 e. The summed E-state index contributed by atoms with van der Waals surface area (Å²) in [5.74, 6) is 1.45. The number of ether oxygens (including phenoxy) is 2. The van der Waals surface area contributed by atoms with Gasteiger partial charge in [0.25, 0.3) is 0 Å². The fourth-order valence-electron chi connectivity index (χ4n) is 3.12. The van der Waals surface area contributed by atoms with E-state index in [1.54, 1.807) is 34.9 Å². The molecule has 0 aromatic heterocycles. The Morgan fingerprint density at radius 3 is 2.88 bits per heavy atom. The average molecular weight is 380 g/mol. The van der Waals surface area contributed by atoms with Crippen molar-refractivity contribution in [1.29, 1.82) is 0 Å². The Hall–Kier alpha value is -1.93. The molecule has 142 valence electrons. The number of aliphatic hydroxyl groups excluding tert-OH is 1. The van der Waals surface area contributed by atoms with Gasteiger partial charge in [-0.3, -0.25) is 9.59 Å². The van der Waals surface area contributed by atoms with Crippen LogP contribution in [0.2, 0.25) is 0 Å². The van der Waals surface area contributed by atoms with Crippen LogP contribution in [0.5, 0.6) is 11.5 Å². The van der Waals surface area contributed by atoms with Gasteiger partial charge in [0.05, 0.1) is 18.6 Å². The number of carbonyl (C=O) groups excluding carboxylic acids is 2. The molecule has 0 saturated carbocycles. The summed E-state index contributed by atoms with van der Waals surface area (Å²) < 4.78 is 11.1. The highest BCUT2D eigenvalue weighted by molar-refractivity contribution is 7.98. The Morgan fingerprint density at radius 1 is 1.38 bits per heavy atom. The number of hydrogen-bond acceptors (Lipinski definition) is 6. The van der Waals surface area contributed by atoms with Crippen LogP contribution in [-0.2, 0) is 9.59 Å². The fraction of sp³-hybridized carbons (Fsp3) is 0.556. The maximum Gasteiger partial charge on any atom is 0.227 e. The Bertz CT molecular complexity index is 669. The van der Waals surface area contributed by atoms with Gasteiger partial charge in [0.1, 0.15) is 13.2 Å². The topological polar surface area (TPSA) is 88.1 Å². The third-order valence-corrected chi connectivity index (χ3v) is 5.21. The van der Waals surface area contributed by atoms with Crippen molar-refractivity contribution in [3.63, 3.8) is 0 Å². The highest BCUT2D eigenvalue weighted by atomic mass is 32.2. The lowest BCUT2D eigenvalue weighted by atomic mass is 10.1. The average Bonchev–Trinajstić information content (AvgIpc) is 3.06. The van der Waals surface area contributed by atoms with Gasteiger partial charge >= 0.3 is 0 Å². The second kappa shape index (κ2) is 8.64. The number of fused-ring (bicyclic) bond motifs is 1. The van der Waals surface area contributed by atoms with E-state index in [9.17, 15) is 14.7 Å². The second-order valence-electron chi connectivity index (χ2n) is 6.40. The summed E-state index contributed by atoms with van der Waals surface area (Å²) in [6.07, 6.45) is 2.86. The predicted octanol–water partition coefficient (Wildman–Crippen LogP) is 1.04. The Kier molecular flexibility index (Phi) is 6.26. The highest BCUT2D eigenvalue weighted by Crippen LogP contribution is 2.36. The molecule has 1 saturated heterocycles. The zero-order chi connectivity index (χ0) is 18.5. The van der Waals surface area contributed by atoms with Gasteiger partial charge in [-0.25, -0.2) is 0 Å². The number of rotatable bonds is 7. The molecule has 2 heterocycles. The largest absolute Gasteiger partial charge is 0.486 e. The maximum absolute atomic E-state index is 12.5. The van der Waals surface area contributed by atoms with Gasteiger partial charge in [-0.05, 0) is 30.6 Å². The number of hydrogen-bond donors (Lipinski definition) is 2. The molecule has 1 fully saturated rings. The van der Waals surface area contributed by atoms with Crippen molar-refractivity contribution in [3.8, 4) is 11.5 Å². The van der Waals surface area contributed by atoms with Gasteiger partial charge in [0.2, 0.25) is 11.8 Å². The summed E-state index contributed by atoms with van der Waals surface area (Å²) >= 11 is 1.67. The number of nitrogens with zero attached hydrogens (tertiary/aromatic N) is 1. The lowest BCUT2D eigenvalue weighted by molar-refractivity contribution is -0.127. The Labute approximate surface area is 157 Å². The van der Waals surface area contributed by atoms with Gasteiger partial charge in [-0.2, -0.15) is 11.8 Å². The molecule has 26 heavy (non-hydrogen) atoms. The number of thioether (sulfide) groups is 1. The summed E-state index contributed by atoms with van der Waals surface area (Å²) in [6, 6.07) is 5.10. The SMILES string of the molecule is CSCCC(CO)NC(=O)C1CC(=O)N(c2ccc3c(c2)OCCO3)C1. The first-order valence-corrected chi connectivity index (χ1v) is 10.1. The van der Waals surface area contributed by atoms with Gasteiger partial charge < -0.3 is 24.8 Å². The van der Waals surface area contributed by atoms with E-state index in [0.717, 1.165) is 5.75 Å². The molecule has 2 amide bonds. The van der Waals surface area contributed by atoms with Crippen LogP contribution in [0.25, 0.3) is 0 Å². The molecule has 2 atom stereocenters. The maximum atomic E-state index is 12.5. The molecule has 0 aliphatic carbocycles. The number of carbonyl (C=O) groups is 2. The molecule has 2 N–H and O–H groups in total. The lowest BCUT2D eigenvalue weighted by Crippen LogP contribution is -2.42. The monoisotopic (exact) mass is 380 g/mol. The molecule has 1 aromatic rings. The van der Waals surface area contributed by atoms with Crippen LogP contribution in [0, 0.1) is 5.92 Å². The van der Waals surface area contributed by atoms with Crippen molar-refractivity contribution >= 4 is 29.3 Å². The van der Waals surface area contributed by atoms with E-state index in [2.05, 4.69) is 5.32 Å². The van der Waals surface area contributed by atoms with Crippen molar-refractivity contribution in [2.24, 2.45) is 5.92 Å². The van der Waals surface area contributed by atoms with Gasteiger partial charge in [-0.1, -0.05) is 0 Å². The van der Waals surface area contributed by atoms with E-state index >= 15 is 0 Å². The first-order valence-electron chi connectivity index (χ1n) is 8.72. The minimum absolute atomic E-state index is 0.0912. The van der Waals surface area contributed by atoms with E-state index in [4.69, 9.17) is 9.47 Å². The minimum Gasteiger partial charge on any atom is -0.486 e. The summed E-state index contributed by atoms with van der Waals surface area (Å²) in [5.41, 5.74) is 0.704. The van der Waals surface area contributed by atoms with Crippen molar-refractivity contribution in [2.45, 2.75) is 18.9 Å². The molecule has 0 bridgehead atoms. The summed E-state index contributed by atoms with van der Waals surface area (Å²) in [6.45, 7) is 1.22. The fourth-order valence-corrected chi connectivity index (χ4v) is 3.64. The van der Waals surface area contributed by atoms with Crippen molar-refractivity contribution in [1.82, 2.24) is 5.32 Å². The van der Waals surface area contributed by atoms with Crippen LogP contribution in [0.1, 0.15) is 12.8 Å². The van der Waals surface area contributed by atoms with Gasteiger partial charge in [-0.15, -0.1) is 0 Å². The minimum atomic E-state index is -0.418. The molecule has 2 unspecified atom stereocenters. The molecular formula is C18H24N2O5S. The van der Waals surface area contributed by atoms with E-state index in [1.165, 1.54) is 0 Å². The summed E-state index contributed by atoms with van der Waals surface area (Å²) in [7, 11) is 0. The molecular weight excluding hydrogens is 356 g/mol. The van der Waals surface area contributed by atoms with Crippen LogP contribution >= 0.6 is 11.8 Å². The van der Waals surface area contributed by atoms with Crippen molar-refractivity contribution in [3.05, 3.63) is 18.2 Å². The van der Waals surface area contributed by atoms with Crippen LogP contribution < -0.4 is 19.7 Å². The molecule has 2 aliphatic rings. The number of amides is 2. The number of nitrogens with one attached hydrogen (secondary N) is 1. The number of anilines is 1. The lowest BCUT2D eigenvalue weighted by Gasteiger charge is -2.22. The standard InChI is InChI=1S/C18H24N2O5S/c1-26-7-4-13(11-21)19-18(23)12-8-17(22)20(10-12)14-2-3-15-16(9-14)25-6-5-24-15/h2-3,9,12-13,21H,4-8,10-11H2,1H3,(H,19,23). The zero-order valence-electron chi connectivity index (χ0n) is 14.8. The first kappa shape index (κ1) is 18.8. The van der Waals surface area contributed by atoms with Gasteiger partial charge in [0.15, 0.2) is 11.5 Å². The summed E-state index contributed by atoms with van der Waals surface area (Å²) in [4.78, 5) is 26.5. The van der Waals surface area contributed by atoms with Crippen LogP contribution in [0.4, 0.5) is 5.69 Å². The third kappa shape index (κ3) is 4.24. The van der Waals surface area contributed by atoms with Crippen LogP contribution in [0.3, 0.4) is 0 Å². The normalized spacial score (nSPS) is 20.2. The second-order valence-corrected chi connectivity index (χ2v) is 7.39. The Balaban J connectivity index is 1.64. The molecule has 0 spiro atoms. The number of aliphatic hydroxyl groups is 1. The molecule has 0 radical (unpaired) electrons. The van der Waals surface area contributed by atoms with Crippen LogP contribution in [0.15, 0.2) is 18.2 Å². The number of benzene rings is 1. The summed E-state index contributed by atoms with van der Waals surface area (Å²) in [5, 5.41) is 12.3. The van der Waals surface area contributed by atoms with Crippen molar-refractivity contribution < 1.29 is 24.2 Å². The molecule has 1 aromatic carbocycles. The van der Waals surface area contributed by atoms with Crippen LogP contribution in [-0.4, -0.2) is 61.3 Å². The first-order chi connectivity index (χ1) is 12.6. The van der Waals surface area contributed by atoms with E-state index in [-0.39, 0.29) is 30.9 Å². The third-order valence-electron chi connectivity index (χ3n) is 4.57. The van der Waals surface area contributed by atoms with E-state index in [0.29, 0.717) is 43.4 Å². The van der Waals surface area contributed by atoms with E-state index < -0.39 is 5.92 Å². The quantitative estimate of drug-likeness (QED) is 0.735. The predicted molar refractivity (Wildman–Crippen MR) is 99.9 cm³/mol. The molecule has 3 rings (SSSR count). The molecule has 2 aliphatic heterocycles. The van der Waals surface area contributed by atoms with E-state index in [1.807, 2.05) is 6.26 Å². The van der Waals surface area contributed by atoms with Crippen molar-refractivity contribution in [2.75, 3.05) is 43.3 Å². The molecule has 7 nitrogen and oxygen atoms in total. The van der Waals surface area contributed by atoms with Gasteiger partial charge in [0, 0.05) is 24.7 Å². The zero-order valence-corrected chi connectivity index (χ0v) is 15.6.